The first-order valence-electron chi connectivity index (χ1n) is 4.64. The average molecular weight is 288 g/mol. The van der Waals surface area contributed by atoms with Crippen LogP contribution >= 0.6 is 34.5 Å². The molecule has 4 nitrogen and oxygen atoms in total. The molecule has 1 N–H and O–H groups in total. The molecule has 88 valence electrons. The lowest BCUT2D eigenvalue weighted by molar-refractivity contribution is 0.102. The molecule has 0 saturated carbocycles. The Morgan fingerprint density at radius 3 is 2.59 bits per heavy atom. The van der Waals surface area contributed by atoms with Crippen molar-refractivity contribution in [3.63, 3.8) is 0 Å². The summed E-state index contributed by atoms with van der Waals surface area (Å²) in [6, 6.07) is 6.59. The number of halogens is 2. The molecule has 0 fully saturated rings. The van der Waals surface area contributed by atoms with Crippen molar-refractivity contribution in [2.45, 2.75) is 5.88 Å². The molecule has 0 radical (unpaired) electrons. The van der Waals surface area contributed by atoms with E-state index in [1.165, 1.54) is 11.3 Å². The number of carbonyl (C=O) groups is 1. The Bertz CT molecular complexity index is 527. The highest BCUT2D eigenvalue weighted by Crippen LogP contribution is 2.18. The van der Waals surface area contributed by atoms with E-state index < -0.39 is 0 Å². The van der Waals surface area contributed by atoms with Crippen LogP contribution < -0.4 is 5.32 Å². The number of aromatic nitrogens is 2. The summed E-state index contributed by atoms with van der Waals surface area (Å²) in [6.45, 7) is 0. The summed E-state index contributed by atoms with van der Waals surface area (Å²) in [5, 5.41) is 11.9. The Kier molecular flexibility index (Phi) is 3.93. The number of carbonyl (C=O) groups excluding carboxylic acids is 1. The molecule has 0 aliphatic rings. The van der Waals surface area contributed by atoms with Crippen molar-refractivity contribution in [2.75, 3.05) is 5.32 Å². The zero-order valence-electron chi connectivity index (χ0n) is 8.48. The molecule has 0 aliphatic heterocycles. The highest BCUT2D eigenvalue weighted by atomic mass is 35.5. The van der Waals surface area contributed by atoms with Gasteiger partial charge in [-0.15, -0.1) is 21.8 Å². The van der Waals surface area contributed by atoms with Crippen molar-refractivity contribution in [2.24, 2.45) is 0 Å². The maximum absolute atomic E-state index is 11.8. The zero-order valence-corrected chi connectivity index (χ0v) is 10.8. The van der Waals surface area contributed by atoms with Gasteiger partial charge in [0.1, 0.15) is 5.01 Å². The van der Waals surface area contributed by atoms with Crippen molar-refractivity contribution >= 4 is 45.6 Å². The van der Waals surface area contributed by atoms with Gasteiger partial charge in [0.05, 0.1) is 5.88 Å². The first-order valence-corrected chi connectivity index (χ1v) is 6.37. The van der Waals surface area contributed by atoms with E-state index in [4.69, 9.17) is 23.2 Å². The van der Waals surface area contributed by atoms with Crippen molar-refractivity contribution in [3.8, 4) is 0 Å². The fourth-order valence-electron chi connectivity index (χ4n) is 1.13. The van der Waals surface area contributed by atoms with E-state index in [-0.39, 0.29) is 11.8 Å². The van der Waals surface area contributed by atoms with E-state index in [1.807, 2.05) is 0 Å². The highest BCUT2D eigenvalue weighted by molar-refractivity contribution is 7.15. The van der Waals surface area contributed by atoms with Gasteiger partial charge in [0.15, 0.2) is 0 Å². The second-order valence-corrected chi connectivity index (χ2v) is 4.86. The number of amides is 1. The third-order valence-corrected chi connectivity index (χ3v) is 3.41. The monoisotopic (exact) mass is 287 g/mol. The lowest BCUT2D eigenvalue weighted by Gasteiger charge is -2.00. The largest absolute Gasteiger partial charge is 0.296 e. The van der Waals surface area contributed by atoms with E-state index in [0.717, 1.165) is 0 Å². The molecule has 0 saturated heterocycles. The molecule has 1 aromatic heterocycles. The second kappa shape index (κ2) is 5.44. The van der Waals surface area contributed by atoms with E-state index in [0.29, 0.717) is 20.7 Å². The third kappa shape index (κ3) is 3.15. The fourth-order valence-corrected chi connectivity index (χ4v) is 2.06. The van der Waals surface area contributed by atoms with Crippen LogP contribution in [0.2, 0.25) is 5.02 Å². The van der Waals surface area contributed by atoms with Gasteiger partial charge in [-0.05, 0) is 24.3 Å². The van der Waals surface area contributed by atoms with Crippen LogP contribution in [0.4, 0.5) is 5.13 Å². The molecule has 0 bridgehead atoms. The maximum Gasteiger partial charge on any atom is 0.257 e. The molecule has 2 rings (SSSR count). The van der Waals surface area contributed by atoms with E-state index in [1.54, 1.807) is 24.3 Å². The van der Waals surface area contributed by atoms with Gasteiger partial charge in [-0.2, -0.15) is 0 Å². The number of benzene rings is 1. The van der Waals surface area contributed by atoms with Crippen LogP contribution in [0.15, 0.2) is 24.3 Å². The Labute approximate surface area is 112 Å². The van der Waals surface area contributed by atoms with E-state index >= 15 is 0 Å². The second-order valence-electron chi connectivity index (χ2n) is 3.10. The SMILES string of the molecule is O=C(Nc1nnc(CCl)s1)c1ccc(Cl)cc1. The van der Waals surface area contributed by atoms with E-state index in [2.05, 4.69) is 15.5 Å². The molecule has 1 heterocycles. The molecule has 7 heteroatoms. The lowest BCUT2D eigenvalue weighted by Crippen LogP contribution is -2.11. The number of nitrogens with one attached hydrogen (secondary N) is 1. The van der Waals surface area contributed by atoms with Gasteiger partial charge in [0, 0.05) is 10.6 Å². The van der Waals surface area contributed by atoms with Crippen LogP contribution in [0.1, 0.15) is 15.4 Å². The lowest BCUT2D eigenvalue weighted by atomic mass is 10.2. The van der Waals surface area contributed by atoms with Gasteiger partial charge >= 0.3 is 0 Å². The van der Waals surface area contributed by atoms with Gasteiger partial charge in [0.25, 0.3) is 5.91 Å². The van der Waals surface area contributed by atoms with Crippen LogP contribution in [0.25, 0.3) is 0 Å². The number of anilines is 1. The topological polar surface area (TPSA) is 54.9 Å². The highest BCUT2D eigenvalue weighted by Gasteiger charge is 2.09. The quantitative estimate of drug-likeness (QED) is 0.882. The third-order valence-electron chi connectivity index (χ3n) is 1.91. The smallest absolute Gasteiger partial charge is 0.257 e. The molecule has 0 spiro atoms. The van der Waals surface area contributed by atoms with Crippen LogP contribution in [0.3, 0.4) is 0 Å². The van der Waals surface area contributed by atoms with Crippen molar-refractivity contribution in [1.82, 2.24) is 10.2 Å². The summed E-state index contributed by atoms with van der Waals surface area (Å²) >= 11 is 12.6. The first-order chi connectivity index (χ1) is 8.19. The maximum atomic E-state index is 11.8. The standard InChI is InChI=1S/C10H7Cl2N3OS/c11-5-8-14-15-10(17-8)13-9(16)6-1-3-7(12)4-2-6/h1-4H,5H2,(H,13,15,16). The molecule has 2 aromatic rings. The Hall–Kier alpha value is -1.17. The first kappa shape index (κ1) is 12.3. The number of alkyl halides is 1. The zero-order chi connectivity index (χ0) is 12.3. The normalized spacial score (nSPS) is 10.2. The average Bonchev–Trinajstić information content (AvgIpc) is 2.77. The number of hydrogen-bond acceptors (Lipinski definition) is 4. The molecule has 0 unspecified atom stereocenters. The minimum atomic E-state index is -0.251. The predicted molar refractivity (Wildman–Crippen MR) is 68.9 cm³/mol. The summed E-state index contributed by atoms with van der Waals surface area (Å²) in [4.78, 5) is 11.8. The number of hydrogen-bond donors (Lipinski definition) is 1. The van der Waals surface area contributed by atoms with Crippen molar-refractivity contribution in [1.29, 1.82) is 0 Å². The summed E-state index contributed by atoms with van der Waals surface area (Å²) < 4.78 is 0. The van der Waals surface area contributed by atoms with Crippen molar-refractivity contribution in [3.05, 3.63) is 39.9 Å². The summed E-state index contributed by atoms with van der Waals surface area (Å²) in [7, 11) is 0. The molecule has 0 aliphatic carbocycles. The van der Waals surface area contributed by atoms with Gasteiger partial charge in [-0.1, -0.05) is 22.9 Å². The molecule has 1 aromatic carbocycles. The van der Waals surface area contributed by atoms with Gasteiger partial charge in [-0.3, -0.25) is 10.1 Å². The Balaban J connectivity index is 2.08. The minimum absolute atomic E-state index is 0.251. The Morgan fingerprint density at radius 2 is 2.00 bits per heavy atom. The summed E-state index contributed by atoms with van der Waals surface area (Å²) in [5.41, 5.74) is 0.511. The summed E-state index contributed by atoms with van der Waals surface area (Å²) in [5.74, 6) is 0.0352. The molecular formula is C10H7Cl2N3OS. The minimum Gasteiger partial charge on any atom is -0.296 e. The van der Waals surface area contributed by atoms with Crippen LogP contribution in [0.5, 0.6) is 0 Å². The summed E-state index contributed by atoms with van der Waals surface area (Å²) in [6.07, 6.45) is 0. The van der Waals surface area contributed by atoms with Gasteiger partial charge in [0.2, 0.25) is 5.13 Å². The molecule has 0 atom stereocenters. The number of nitrogens with zero attached hydrogens (tertiary/aromatic N) is 2. The molecule has 17 heavy (non-hydrogen) atoms. The molecule has 1 amide bonds. The molecular weight excluding hydrogens is 281 g/mol. The van der Waals surface area contributed by atoms with E-state index in [9.17, 15) is 4.79 Å². The van der Waals surface area contributed by atoms with Crippen molar-refractivity contribution < 1.29 is 4.79 Å². The van der Waals surface area contributed by atoms with Crippen LogP contribution in [-0.4, -0.2) is 16.1 Å². The Morgan fingerprint density at radius 1 is 1.29 bits per heavy atom. The fraction of sp³-hybridized carbons (Fsp3) is 0.100. The predicted octanol–water partition coefficient (Wildman–Crippen LogP) is 3.18. The number of rotatable bonds is 3. The van der Waals surface area contributed by atoms with Crippen LogP contribution in [0, 0.1) is 0 Å². The van der Waals surface area contributed by atoms with Crippen LogP contribution in [-0.2, 0) is 5.88 Å². The van der Waals surface area contributed by atoms with Gasteiger partial charge < -0.3 is 0 Å². The van der Waals surface area contributed by atoms with Gasteiger partial charge in [-0.25, -0.2) is 0 Å².